The van der Waals surface area contributed by atoms with E-state index in [0.717, 1.165) is 31.2 Å². The standard InChI is InChI=1S/C25H30Cl2N2O2/c1-2-23(25(31)28-19-12-7-4-8-13-19)29(17-20-21(26)14-9-15-22(20)27)24(30)16-18-10-5-3-6-11-18/h3,5-6,9-11,14-15,19,23H,2,4,7-8,12-13,16-17H2,1H3,(H,28,31). The summed E-state index contributed by atoms with van der Waals surface area (Å²) in [4.78, 5) is 28.3. The number of halogens is 2. The van der Waals surface area contributed by atoms with Crippen LogP contribution in [-0.2, 0) is 22.6 Å². The summed E-state index contributed by atoms with van der Waals surface area (Å²) in [6, 6.07) is 14.5. The third-order valence-electron chi connectivity index (χ3n) is 5.93. The van der Waals surface area contributed by atoms with Gasteiger partial charge in [-0.3, -0.25) is 9.59 Å². The maximum absolute atomic E-state index is 13.4. The van der Waals surface area contributed by atoms with E-state index in [4.69, 9.17) is 23.2 Å². The molecule has 0 bridgehead atoms. The fourth-order valence-corrected chi connectivity index (χ4v) is 4.71. The van der Waals surface area contributed by atoms with E-state index in [1.54, 1.807) is 23.1 Å². The van der Waals surface area contributed by atoms with Crippen LogP contribution in [0, 0.1) is 0 Å². The Bertz CT molecular complexity index is 862. The van der Waals surface area contributed by atoms with Gasteiger partial charge < -0.3 is 10.2 Å². The zero-order valence-electron chi connectivity index (χ0n) is 17.9. The molecule has 0 heterocycles. The van der Waals surface area contributed by atoms with Crippen LogP contribution in [0.3, 0.4) is 0 Å². The van der Waals surface area contributed by atoms with E-state index >= 15 is 0 Å². The summed E-state index contributed by atoms with van der Waals surface area (Å²) in [5.41, 5.74) is 1.57. The number of hydrogen-bond acceptors (Lipinski definition) is 2. The van der Waals surface area contributed by atoms with Crippen molar-refractivity contribution in [2.45, 2.75) is 70.5 Å². The maximum Gasteiger partial charge on any atom is 0.243 e. The lowest BCUT2D eigenvalue weighted by molar-refractivity contribution is -0.141. The van der Waals surface area contributed by atoms with Gasteiger partial charge in [-0.05, 0) is 37.0 Å². The molecule has 1 aliphatic rings. The van der Waals surface area contributed by atoms with Crippen molar-refractivity contribution in [2.24, 2.45) is 0 Å². The zero-order chi connectivity index (χ0) is 22.2. The second-order valence-electron chi connectivity index (χ2n) is 8.15. The van der Waals surface area contributed by atoms with Crippen LogP contribution in [0.1, 0.15) is 56.6 Å². The predicted molar refractivity (Wildman–Crippen MR) is 126 cm³/mol. The molecule has 31 heavy (non-hydrogen) atoms. The minimum absolute atomic E-state index is 0.0982. The van der Waals surface area contributed by atoms with Crippen molar-refractivity contribution in [3.8, 4) is 0 Å². The first-order valence-electron chi connectivity index (χ1n) is 11.1. The van der Waals surface area contributed by atoms with Crippen LogP contribution in [0.2, 0.25) is 10.0 Å². The van der Waals surface area contributed by atoms with Crippen molar-refractivity contribution < 1.29 is 9.59 Å². The fourth-order valence-electron chi connectivity index (χ4n) is 4.19. The van der Waals surface area contributed by atoms with Gasteiger partial charge in [0.25, 0.3) is 0 Å². The van der Waals surface area contributed by atoms with E-state index in [1.165, 1.54) is 6.42 Å². The highest BCUT2D eigenvalue weighted by Crippen LogP contribution is 2.27. The Hall–Kier alpha value is -2.04. The number of carbonyl (C=O) groups is 2. The lowest BCUT2D eigenvalue weighted by Crippen LogP contribution is -2.52. The van der Waals surface area contributed by atoms with Crippen LogP contribution in [0.25, 0.3) is 0 Å². The number of rotatable bonds is 8. The van der Waals surface area contributed by atoms with Gasteiger partial charge in [0.1, 0.15) is 6.04 Å². The summed E-state index contributed by atoms with van der Waals surface area (Å²) in [6.07, 6.45) is 6.21. The molecular formula is C25H30Cl2N2O2. The fraction of sp³-hybridized carbons (Fsp3) is 0.440. The third kappa shape index (κ3) is 6.47. The minimum Gasteiger partial charge on any atom is -0.352 e. The van der Waals surface area contributed by atoms with Gasteiger partial charge in [-0.2, -0.15) is 0 Å². The Labute approximate surface area is 194 Å². The Morgan fingerprint density at radius 1 is 1.00 bits per heavy atom. The number of benzene rings is 2. The first-order chi connectivity index (χ1) is 15.0. The molecular weight excluding hydrogens is 431 g/mol. The van der Waals surface area contributed by atoms with E-state index in [0.29, 0.717) is 22.0 Å². The lowest BCUT2D eigenvalue weighted by atomic mass is 9.95. The van der Waals surface area contributed by atoms with Crippen molar-refractivity contribution >= 4 is 35.0 Å². The van der Waals surface area contributed by atoms with E-state index in [1.807, 2.05) is 37.3 Å². The minimum atomic E-state index is -0.578. The topological polar surface area (TPSA) is 49.4 Å². The molecule has 166 valence electrons. The van der Waals surface area contributed by atoms with Gasteiger partial charge in [0.2, 0.25) is 11.8 Å². The molecule has 0 spiro atoms. The van der Waals surface area contributed by atoms with Gasteiger partial charge >= 0.3 is 0 Å². The number of hydrogen-bond donors (Lipinski definition) is 1. The first-order valence-corrected chi connectivity index (χ1v) is 11.8. The summed E-state index contributed by atoms with van der Waals surface area (Å²) in [5.74, 6) is -0.216. The van der Waals surface area contributed by atoms with Crippen molar-refractivity contribution in [3.63, 3.8) is 0 Å². The second kappa shape index (κ2) is 11.5. The molecule has 2 amide bonds. The third-order valence-corrected chi connectivity index (χ3v) is 6.63. The Balaban J connectivity index is 1.85. The van der Waals surface area contributed by atoms with Gasteiger partial charge in [-0.15, -0.1) is 0 Å². The molecule has 2 aromatic rings. The summed E-state index contributed by atoms with van der Waals surface area (Å²) in [7, 11) is 0. The van der Waals surface area contributed by atoms with Crippen LogP contribution in [0.15, 0.2) is 48.5 Å². The average molecular weight is 461 g/mol. The lowest BCUT2D eigenvalue weighted by Gasteiger charge is -2.33. The molecule has 1 fully saturated rings. The molecule has 0 aliphatic heterocycles. The largest absolute Gasteiger partial charge is 0.352 e. The molecule has 1 saturated carbocycles. The maximum atomic E-state index is 13.4. The van der Waals surface area contributed by atoms with Gasteiger partial charge in [-0.1, -0.05) is 85.8 Å². The van der Waals surface area contributed by atoms with E-state index < -0.39 is 6.04 Å². The molecule has 1 atom stereocenters. The molecule has 2 aromatic carbocycles. The van der Waals surface area contributed by atoms with Crippen molar-refractivity contribution in [1.29, 1.82) is 0 Å². The number of nitrogens with one attached hydrogen (secondary N) is 1. The zero-order valence-corrected chi connectivity index (χ0v) is 19.5. The SMILES string of the molecule is CCC(C(=O)NC1CCCCC1)N(Cc1c(Cl)cccc1Cl)C(=O)Cc1ccccc1. The number of nitrogens with zero attached hydrogens (tertiary/aromatic N) is 1. The normalized spacial score (nSPS) is 15.3. The molecule has 0 radical (unpaired) electrons. The monoisotopic (exact) mass is 460 g/mol. The molecule has 1 N–H and O–H groups in total. The summed E-state index contributed by atoms with van der Waals surface area (Å²) in [5, 5.41) is 4.17. The summed E-state index contributed by atoms with van der Waals surface area (Å²) in [6.45, 7) is 2.13. The quantitative estimate of drug-likeness (QED) is 0.541. The smallest absolute Gasteiger partial charge is 0.243 e. The second-order valence-corrected chi connectivity index (χ2v) is 8.97. The van der Waals surface area contributed by atoms with E-state index in [9.17, 15) is 9.59 Å². The van der Waals surface area contributed by atoms with Crippen molar-refractivity contribution in [2.75, 3.05) is 0 Å². The average Bonchev–Trinajstić information content (AvgIpc) is 2.77. The van der Waals surface area contributed by atoms with Gasteiger partial charge in [-0.25, -0.2) is 0 Å². The Morgan fingerprint density at radius 3 is 2.26 bits per heavy atom. The molecule has 1 unspecified atom stereocenters. The van der Waals surface area contributed by atoms with Crippen molar-refractivity contribution in [1.82, 2.24) is 10.2 Å². The number of carbonyl (C=O) groups excluding carboxylic acids is 2. The first kappa shape index (κ1) is 23.6. The Kier molecular flexibility index (Phi) is 8.79. The van der Waals surface area contributed by atoms with Crippen molar-refractivity contribution in [3.05, 3.63) is 69.7 Å². The highest BCUT2D eigenvalue weighted by Gasteiger charge is 2.31. The van der Waals surface area contributed by atoms with Gasteiger partial charge in [0, 0.05) is 28.2 Å². The van der Waals surface area contributed by atoms with Crippen LogP contribution in [-0.4, -0.2) is 28.8 Å². The van der Waals surface area contributed by atoms with Crippen LogP contribution >= 0.6 is 23.2 Å². The van der Waals surface area contributed by atoms with Crippen LogP contribution in [0.5, 0.6) is 0 Å². The molecule has 6 heteroatoms. The van der Waals surface area contributed by atoms with E-state index in [2.05, 4.69) is 5.32 Å². The molecule has 4 nitrogen and oxygen atoms in total. The molecule has 3 rings (SSSR count). The van der Waals surface area contributed by atoms with E-state index in [-0.39, 0.29) is 30.8 Å². The van der Waals surface area contributed by atoms with Crippen LogP contribution in [0.4, 0.5) is 0 Å². The number of amides is 2. The highest BCUT2D eigenvalue weighted by atomic mass is 35.5. The summed E-state index contributed by atoms with van der Waals surface area (Å²) >= 11 is 12.8. The highest BCUT2D eigenvalue weighted by molar-refractivity contribution is 6.36. The molecule has 0 saturated heterocycles. The predicted octanol–water partition coefficient (Wildman–Crippen LogP) is 5.79. The Morgan fingerprint density at radius 2 is 1.65 bits per heavy atom. The molecule has 1 aliphatic carbocycles. The molecule has 0 aromatic heterocycles. The van der Waals surface area contributed by atoms with Gasteiger partial charge in [0.05, 0.1) is 6.42 Å². The van der Waals surface area contributed by atoms with Gasteiger partial charge in [0.15, 0.2) is 0 Å². The van der Waals surface area contributed by atoms with Crippen LogP contribution < -0.4 is 5.32 Å². The summed E-state index contributed by atoms with van der Waals surface area (Å²) < 4.78 is 0.